The molecular formula is C18H16F2N4. The quantitative estimate of drug-likeness (QED) is 0.719. The van der Waals surface area contributed by atoms with Crippen LogP contribution in [0.5, 0.6) is 0 Å². The van der Waals surface area contributed by atoms with Gasteiger partial charge in [-0.15, -0.1) is 0 Å². The fraction of sp³-hybridized carbons (Fsp3) is 0.111. The molecule has 3 aromatic rings. The highest BCUT2D eigenvalue weighted by Crippen LogP contribution is 2.23. The van der Waals surface area contributed by atoms with Crippen molar-refractivity contribution in [3.63, 3.8) is 0 Å². The molecule has 24 heavy (non-hydrogen) atoms. The highest BCUT2D eigenvalue weighted by molar-refractivity contribution is 5.61. The van der Waals surface area contributed by atoms with Crippen LogP contribution >= 0.6 is 0 Å². The van der Waals surface area contributed by atoms with Gasteiger partial charge >= 0.3 is 0 Å². The molecule has 4 nitrogen and oxygen atoms in total. The van der Waals surface area contributed by atoms with Crippen molar-refractivity contribution in [2.24, 2.45) is 0 Å². The van der Waals surface area contributed by atoms with E-state index >= 15 is 0 Å². The maximum atomic E-state index is 13.8. The van der Waals surface area contributed by atoms with Crippen molar-refractivity contribution < 1.29 is 8.78 Å². The molecule has 0 atom stereocenters. The second-order valence-corrected chi connectivity index (χ2v) is 5.43. The monoisotopic (exact) mass is 326 g/mol. The zero-order valence-electron chi connectivity index (χ0n) is 13.3. The molecule has 0 saturated heterocycles. The van der Waals surface area contributed by atoms with Gasteiger partial charge in [-0.25, -0.2) is 13.8 Å². The summed E-state index contributed by atoms with van der Waals surface area (Å²) in [6.07, 6.45) is 0. The van der Waals surface area contributed by atoms with Crippen LogP contribution in [-0.4, -0.2) is 9.97 Å². The molecule has 6 heteroatoms. The molecule has 0 unspecified atom stereocenters. The van der Waals surface area contributed by atoms with Gasteiger partial charge in [0.25, 0.3) is 0 Å². The maximum absolute atomic E-state index is 13.8. The number of nitrogens with zero attached hydrogens (tertiary/aromatic N) is 2. The minimum atomic E-state index is -0.701. The van der Waals surface area contributed by atoms with E-state index in [-0.39, 0.29) is 11.6 Å². The van der Waals surface area contributed by atoms with Gasteiger partial charge in [-0.05, 0) is 43.7 Å². The number of hydrogen-bond donors (Lipinski definition) is 2. The van der Waals surface area contributed by atoms with E-state index in [2.05, 4.69) is 20.6 Å². The average Bonchev–Trinajstić information content (AvgIpc) is 2.50. The Bertz CT molecular complexity index is 860. The molecule has 0 spiro atoms. The summed E-state index contributed by atoms with van der Waals surface area (Å²) in [5, 5.41) is 5.77. The van der Waals surface area contributed by atoms with E-state index < -0.39 is 11.6 Å². The first-order valence-electron chi connectivity index (χ1n) is 7.42. The van der Waals surface area contributed by atoms with E-state index in [0.717, 1.165) is 11.3 Å². The maximum Gasteiger partial charge on any atom is 0.229 e. The third kappa shape index (κ3) is 3.65. The standard InChI is InChI=1S/C18H16F2N4/c1-11-5-3-6-13(9-11)22-16-10-12(2)21-18(23-16)24-17-14(19)7-4-8-15(17)20/h3-10H,1-2H3,(H2,21,22,23,24). The molecule has 0 radical (unpaired) electrons. The molecule has 0 bridgehead atoms. The van der Waals surface area contributed by atoms with Gasteiger partial charge in [-0.2, -0.15) is 4.98 Å². The second-order valence-electron chi connectivity index (χ2n) is 5.43. The van der Waals surface area contributed by atoms with Crippen LogP contribution in [0.1, 0.15) is 11.3 Å². The molecule has 122 valence electrons. The Balaban J connectivity index is 1.89. The van der Waals surface area contributed by atoms with Gasteiger partial charge in [0.15, 0.2) is 0 Å². The number of halogens is 2. The molecule has 0 amide bonds. The molecule has 1 heterocycles. The number of nitrogens with one attached hydrogen (secondary N) is 2. The topological polar surface area (TPSA) is 49.8 Å². The summed E-state index contributed by atoms with van der Waals surface area (Å²) in [6, 6.07) is 13.2. The van der Waals surface area contributed by atoms with Crippen LogP contribution in [0, 0.1) is 25.5 Å². The van der Waals surface area contributed by atoms with Crippen LogP contribution in [0.4, 0.5) is 31.9 Å². The molecular weight excluding hydrogens is 310 g/mol. The van der Waals surface area contributed by atoms with Crippen LogP contribution in [0.3, 0.4) is 0 Å². The lowest BCUT2D eigenvalue weighted by molar-refractivity contribution is 0.590. The zero-order chi connectivity index (χ0) is 17.1. The summed E-state index contributed by atoms with van der Waals surface area (Å²) in [4.78, 5) is 8.44. The molecule has 0 saturated carbocycles. The van der Waals surface area contributed by atoms with Crippen molar-refractivity contribution in [3.05, 3.63) is 71.4 Å². The average molecular weight is 326 g/mol. The van der Waals surface area contributed by atoms with Gasteiger partial charge in [0, 0.05) is 17.4 Å². The van der Waals surface area contributed by atoms with E-state index in [0.29, 0.717) is 11.5 Å². The first-order chi connectivity index (χ1) is 11.5. The number of hydrogen-bond acceptors (Lipinski definition) is 4. The first kappa shape index (κ1) is 15.9. The molecule has 0 aliphatic carbocycles. The van der Waals surface area contributed by atoms with Crippen molar-refractivity contribution in [2.75, 3.05) is 10.6 Å². The van der Waals surface area contributed by atoms with E-state index in [1.807, 2.05) is 31.2 Å². The van der Waals surface area contributed by atoms with Crippen molar-refractivity contribution in [2.45, 2.75) is 13.8 Å². The third-order valence-corrected chi connectivity index (χ3v) is 3.34. The molecule has 0 aliphatic heterocycles. The third-order valence-electron chi connectivity index (χ3n) is 3.34. The fourth-order valence-electron chi connectivity index (χ4n) is 2.29. The number of anilines is 4. The van der Waals surface area contributed by atoms with Crippen molar-refractivity contribution in [1.29, 1.82) is 0 Å². The molecule has 3 rings (SSSR count). The SMILES string of the molecule is Cc1cccc(Nc2cc(C)nc(Nc3c(F)cccc3F)n2)c1. The van der Waals surface area contributed by atoms with Crippen molar-refractivity contribution in [1.82, 2.24) is 9.97 Å². The molecule has 0 fully saturated rings. The largest absolute Gasteiger partial charge is 0.340 e. The van der Waals surface area contributed by atoms with Crippen molar-refractivity contribution in [3.8, 4) is 0 Å². The van der Waals surface area contributed by atoms with Gasteiger partial charge in [0.2, 0.25) is 5.95 Å². The lowest BCUT2D eigenvalue weighted by Crippen LogP contribution is -2.04. The summed E-state index contributed by atoms with van der Waals surface area (Å²) in [5.41, 5.74) is 2.37. The van der Waals surface area contributed by atoms with Gasteiger partial charge in [-0.3, -0.25) is 0 Å². The van der Waals surface area contributed by atoms with Crippen LogP contribution in [-0.2, 0) is 0 Å². The fourth-order valence-corrected chi connectivity index (χ4v) is 2.29. The summed E-state index contributed by atoms with van der Waals surface area (Å²) in [7, 11) is 0. The van der Waals surface area contributed by atoms with Crippen LogP contribution in [0.2, 0.25) is 0 Å². The highest BCUT2D eigenvalue weighted by Gasteiger charge is 2.11. The molecule has 0 aliphatic rings. The number of benzene rings is 2. The Morgan fingerprint density at radius 1 is 0.833 bits per heavy atom. The molecule has 1 aromatic heterocycles. The number of rotatable bonds is 4. The van der Waals surface area contributed by atoms with E-state index in [4.69, 9.17) is 0 Å². The van der Waals surface area contributed by atoms with Gasteiger partial charge in [0.05, 0.1) is 0 Å². The summed E-state index contributed by atoms with van der Waals surface area (Å²) >= 11 is 0. The Morgan fingerprint density at radius 2 is 1.54 bits per heavy atom. The Kier molecular flexibility index (Phi) is 4.37. The van der Waals surface area contributed by atoms with Gasteiger partial charge < -0.3 is 10.6 Å². The lowest BCUT2D eigenvalue weighted by Gasteiger charge is -2.11. The molecule has 2 N–H and O–H groups in total. The zero-order valence-corrected chi connectivity index (χ0v) is 13.3. The Hall–Kier alpha value is -3.02. The predicted octanol–water partition coefficient (Wildman–Crippen LogP) is 4.86. The first-order valence-corrected chi connectivity index (χ1v) is 7.42. The summed E-state index contributed by atoms with van der Waals surface area (Å²) in [5.74, 6) is -0.747. The second kappa shape index (κ2) is 6.62. The smallest absolute Gasteiger partial charge is 0.229 e. The van der Waals surface area contributed by atoms with E-state index in [1.165, 1.54) is 18.2 Å². The van der Waals surface area contributed by atoms with Gasteiger partial charge in [-0.1, -0.05) is 18.2 Å². The number of aryl methyl sites for hydroxylation is 2. The predicted molar refractivity (Wildman–Crippen MR) is 90.9 cm³/mol. The number of para-hydroxylation sites is 1. The minimum absolute atomic E-state index is 0.120. The minimum Gasteiger partial charge on any atom is -0.340 e. The summed E-state index contributed by atoms with van der Waals surface area (Å²) in [6.45, 7) is 3.77. The Labute approximate surface area is 138 Å². The van der Waals surface area contributed by atoms with Gasteiger partial charge in [0.1, 0.15) is 23.1 Å². The van der Waals surface area contributed by atoms with Crippen LogP contribution < -0.4 is 10.6 Å². The number of aromatic nitrogens is 2. The lowest BCUT2D eigenvalue weighted by atomic mass is 10.2. The Morgan fingerprint density at radius 3 is 2.25 bits per heavy atom. The summed E-state index contributed by atoms with van der Waals surface area (Å²) < 4.78 is 27.5. The van der Waals surface area contributed by atoms with E-state index in [9.17, 15) is 8.78 Å². The van der Waals surface area contributed by atoms with Crippen LogP contribution in [0.15, 0.2) is 48.5 Å². The highest BCUT2D eigenvalue weighted by atomic mass is 19.1. The molecule has 2 aromatic carbocycles. The van der Waals surface area contributed by atoms with E-state index in [1.54, 1.807) is 13.0 Å². The van der Waals surface area contributed by atoms with Crippen molar-refractivity contribution >= 4 is 23.1 Å². The van der Waals surface area contributed by atoms with Crippen LogP contribution in [0.25, 0.3) is 0 Å². The normalized spacial score (nSPS) is 10.5.